The molecule has 0 aliphatic carbocycles. The standard InChI is InChI=1S/C21H21F3N4O2S/c1-3-28-18(12-25-19(29)15-7-9-17(30-2)10-8-15)26-27-20(28)31-13-14-5-4-6-16(11-14)21(22,23)24/h4-11H,3,12-13H2,1-2H3,(H,25,29). The highest BCUT2D eigenvalue weighted by Crippen LogP contribution is 2.31. The van der Waals surface area contributed by atoms with E-state index in [9.17, 15) is 18.0 Å². The summed E-state index contributed by atoms with van der Waals surface area (Å²) >= 11 is 1.30. The van der Waals surface area contributed by atoms with Crippen LogP contribution in [0.25, 0.3) is 0 Å². The molecule has 1 N–H and O–H groups in total. The number of nitrogens with one attached hydrogen (secondary N) is 1. The minimum absolute atomic E-state index is 0.176. The van der Waals surface area contributed by atoms with Crippen molar-refractivity contribution in [2.24, 2.45) is 0 Å². The fourth-order valence-electron chi connectivity index (χ4n) is 2.86. The van der Waals surface area contributed by atoms with Crippen LogP contribution in [0.15, 0.2) is 53.7 Å². The van der Waals surface area contributed by atoms with Gasteiger partial charge in [-0.2, -0.15) is 13.2 Å². The normalized spacial score (nSPS) is 11.4. The van der Waals surface area contributed by atoms with Crippen molar-refractivity contribution < 1.29 is 22.7 Å². The Bertz CT molecular complexity index is 1040. The summed E-state index contributed by atoms with van der Waals surface area (Å²) in [6, 6.07) is 11.9. The number of hydrogen-bond acceptors (Lipinski definition) is 5. The number of thioether (sulfide) groups is 1. The number of rotatable bonds is 8. The van der Waals surface area contributed by atoms with Crippen molar-refractivity contribution in [3.8, 4) is 5.75 Å². The van der Waals surface area contributed by atoms with E-state index in [0.29, 0.717) is 40.2 Å². The first kappa shape index (κ1) is 22.7. The maximum atomic E-state index is 12.9. The molecule has 10 heteroatoms. The van der Waals surface area contributed by atoms with E-state index in [0.717, 1.165) is 12.1 Å². The predicted molar refractivity (Wildman–Crippen MR) is 111 cm³/mol. The molecule has 0 spiro atoms. The lowest BCUT2D eigenvalue weighted by Crippen LogP contribution is -2.24. The van der Waals surface area contributed by atoms with Crippen molar-refractivity contribution in [1.82, 2.24) is 20.1 Å². The van der Waals surface area contributed by atoms with Gasteiger partial charge in [0.2, 0.25) is 0 Å². The van der Waals surface area contributed by atoms with Gasteiger partial charge in [-0.1, -0.05) is 30.0 Å². The van der Waals surface area contributed by atoms with Gasteiger partial charge < -0.3 is 14.6 Å². The minimum atomic E-state index is -4.38. The Kier molecular flexibility index (Phi) is 7.21. The number of halogens is 3. The average molecular weight is 450 g/mol. The highest BCUT2D eigenvalue weighted by atomic mass is 32.2. The summed E-state index contributed by atoms with van der Waals surface area (Å²) < 4.78 is 45.6. The van der Waals surface area contributed by atoms with Crippen molar-refractivity contribution in [3.63, 3.8) is 0 Å². The molecule has 0 unspecified atom stereocenters. The van der Waals surface area contributed by atoms with Gasteiger partial charge in [-0.05, 0) is 42.8 Å². The van der Waals surface area contributed by atoms with Crippen LogP contribution in [0, 0.1) is 0 Å². The topological polar surface area (TPSA) is 69.0 Å². The van der Waals surface area contributed by atoms with Crippen LogP contribution in [0.1, 0.15) is 34.2 Å². The lowest BCUT2D eigenvalue weighted by atomic mass is 10.1. The zero-order chi connectivity index (χ0) is 22.4. The first-order chi connectivity index (χ1) is 14.8. The molecule has 0 fully saturated rings. The summed E-state index contributed by atoms with van der Waals surface area (Å²) in [7, 11) is 1.55. The zero-order valence-corrected chi connectivity index (χ0v) is 17.8. The number of carbonyl (C=O) groups excluding carboxylic acids is 1. The first-order valence-corrected chi connectivity index (χ1v) is 10.4. The summed E-state index contributed by atoms with van der Waals surface area (Å²) in [4.78, 5) is 12.3. The summed E-state index contributed by atoms with van der Waals surface area (Å²) in [5, 5.41) is 11.6. The Labute approximate surface area is 181 Å². The lowest BCUT2D eigenvalue weighted by molar-refractivity contribution is -0.137. The van der Waals surface area contributed by atoms with Crippen molar-refractivity contribution in [2.75, 3.05) is 7.11 Å². The van der Waals surface area contributed by atoms with Gasteiger partial charge in [-0.3, -0.25) is 4.79 Å². The van der Waals surface area contributed by atoms with E-state index in [1.54, 1.807) is 37.4 Å². The van der Waals surface area contributed by atoms with E-state index < -0.39 is 11.7 Å². The Morgan fingerprint density at radius 3 is 2.55 bits per heavy atom. The SMILES string of the molecule is CCn1c(CNC(=O)c2ccc(OC)cc2)nnc1SCc1cccc(C(F)(F)F)c1. The molecule has 3 rings (SSSR count). The Balaban J connectivity index is 1.63. The largest absolute Gasteiger partial charge is 0.497 e. The summed E-state index contributed by atoms with van der Waals surface area (Å²) in [6.07, 6.45) is -4.38. The summed E-state index contributed by atoms with van der Waals surface area (Å²) in [5.41, 5.74) is 0.354. The van der Waals surface area contributed by atoms with E-state index in [2.05, 4.69) is 15.5 Å². The van der Waals surface area contributed by atoms with Gasteiger partial charge in [0, 0.05) is 17.9 Å². The molecule has 31 heavy (non-hydrogen) atoms. The van der Waals surface area contributed by atoms with Crippen molar-refractivity contribution in [2.45, 2.75) is 37.1 Å². The molecule has 6 nitrogen and oxygen atoms in total. The van der Waals surface area contributed by atoms with Crippen LogP contribution in [0.5, 0.6) is 5.75 Å². The van der Waals surface area contributed by atoms with Crippen LogP contribution < -0.4 is 10.1 Å². The van der Waals surface area contributed by atoms with E-state index >= 15 is 0 Å². The Hall–Kier alpha value is -3.01. The minimum Gasteiger partial charge on any atom is -0.497 e. The molecule has 0 saturated carbocycles. The second-order valence-corrected chi connectivity index (χ2v) is 7.48. The summed E-state index contributed by atoms with van der Waals surface area (Å²) in [5.74, 6) is 1.28. The fourth-order valence-corrected chi connectivity index (χ4v) is 3.83. The molecule has 0 bridgehead atoms. The van der Waals surface area contributed by atoms with Gasteiger partial charge in [-0.15, -0.1) is 10.2 Å². The van der Waals surface area contributed by atoms with Gasteiger partial charge in [0.25, 0.3) is 5.91 Å². The average Bonchev–Trinajstić information content (AvgIpc) is 3.17. The number of amides is 1. The molecular weight excluding hydrogens is 429 g/mol. The first-order valence-electron chi connectivity index (χ1n) is 9.45. The maximum absolute atomic E-state index is 12.9. The monoisotopic (exact) mass is 450 g/mol. The Morgan fingerprint density at radius 1 is 1.16 bits per heavy atom. The van der Waals surface area contributed by atoms with Gasteiger partial charge in [-0.25, -0.2) is 0 Å². The van der Waals surface area contributed by atoms with Crippen LogP contribution in [-0.4, -0.2) is 27.8 Å². The lowest BCUT2D eigenvalue weighted by Gasteiger charge is -2.10. The van der Waals surface area contributed by atoms with Crippen LogP contribution in [0.4, 0.5) is 13.2 Å². The van der Waals surface area contributed by atoms with Gasteiger partial charge >= 0.3 is 6.18 Å². The third-order valence-corrected chi connectivity index (χ3v) is 5.53. The quantitative estimate of drug-likeness (QED) is 0.510. The van der Waals surface area contributed by atoms with Crippen LogP contribution in [-0.2, 0) is 25.0 Å². The van der Waals surface area contributed by atoms with E-state index in [-0.39, 0.29) is 12.5 Å². The number of carbonyl (C=O) groups is 1. The molecule has 2 aromatic carbocycles. The second-order valence-electron chi connectivity index (χ2n) is 6.54. The van der Waals surface area contributed by atoms with Gasteiger partial charge in [0.15, 0.2) is 11.0 Å². The van der Waals surface area contributed by atoms with Crippen molar-refractivity contribution in [3.05, 3.63) is 71.0 Å². The van der Waals surface area contributed by atoms with Crippen molar-refractivity contribution in [1.29, 1.82) is 0 Å². The number of hydrogen-bond donors (Lipinski definition) is 1. The number of nitrogens with zero attached hydrogens (tertiary/aromatic N) is 3. The van der Waals surface area contributed by atoms with E-state index in [1.165, 1.54) is 17.8 Å². The van der Waals surface area contributed by atoms with Crippen LogP contribution in [0.2, 0.25) is 0 Å². The van der Waals surface area contributed by atoms with Crippen LogP contribution >= 0.6 is 11.8 Å². The summed E-state index contributed by atoms with van der Waals surface area (Å²) in [6.45, 7) is 2.65. The molecule has 0 atom stereocenters. The van der Waals surface area contributed by atoms with Gasteiger partial charge in [0.1, 0.15) is 5.75 Å². The highest BCUT2D eigenvalue weighted by molar-refractivity contribution is 7.98. The van der Waals surface area contributed by atoms with E-state index in [1.807, 2.05) is 11.5 Å². The molecule has 1 heterocycles. The smallest absolute Gasteiger partial charge is 0.416 e. The predicted octanol–water partition coefficient (Wildman–Crippen LogP) is 4.55. The molecule has 1 aromatic heterocycles. The molecule has 0 aliphatic heterocycles. The number of alkyl halides is 3. The van der Waals surface area contributed by atoms with Crippen molar-refractivity contribution >= 4 is 17.7 Å². The van der Waals surface area contributed by atoms with Crippen LogP contribution in [0.3, 0.4) is 0 Å². The number of methoxy groups -OCH3 is 1. The molecule has 3 aromatic rings. The Morgan fingerprint density at radius 2 is 1.90 bits per heavy atom. The molecular formula is C21H21F3N4O2S. The fraction of sp³-hybridized carbons (Fsp3) is 0.286. The zero-order valence-electron chi connectivity index (χ0n) is 16.9. The van der Waals surface area contributed by atoms with Gasteiger partial charge in [0.05, 0.1) is 19.2 Å². The second kappa shape index (κ2) is 9.86. The molecule has 1 amide bonds. The third kappa shape index (κ3) is 5.78. The molecule has 164 valence electrons. The third-order valence-electron chi connectivity index (χ3n) is 4.49. The number of benzene rings is 2. The number of ether oxygens (including phenoxy) is 1. The van der Waals surface area contributed by atoms with E-state index in [4.69, 9.17) is 4.74 Å². The molecule has 0 saturated heterocycles. The maximum Gasteiger partial charge on any atom is 0.416 e. The highest BCUT2D eigenvalue weighted by Gasteiger charge is 2.30. The molecule has 0 aliphatic rings. The number of aromatic nitrogens is 3. The molecule has 0 radical (unpaired) electrons.